The minimum absolute atomic E-state index is 0.336. The first-order chi connectivity index (χ1) is 12.2. The Kier molecular flexibility index (Phi) is 8.22. The van der Waals surface area contributed by atoms with Gasteiger partial charge in [-0.2, -0.15) is 0 Å². The lowest BCUT2D eigenvalue weighted by Gasteiger charge is -2.26. The number of guanidine groups is 1. The maximum Gasteiger partial charge on any atom is 0.410 e. The first-order valence-corrected chi connectivity index (χ1v) is 8.65. The summed E-state index contributed by atoms with van der Waals surface area (Å²) in [4.78, 5) is 19.8. The van der Waals surface area contributed by atoms with Crippen molar-refractivity contribution in [2.24, 2.45) is 4.99 Å². The number of ether oxygens (including phenoxy) is 2. The average molecular weight is 364 g/mol. The molecule has 0 saturated carbocycles. The fourth-order valence-electron chi connectivity index (χ4n) is 2.32. The van der Waals surface area contributed by atoms with Gasteiger partial charge in [-0.05, 0) is 26.8 Å². The molecule has 0 aliphatic carbocycles. The van der Waals surface area contributed by atoms with Crippen molar-refractivity contribution >= 4 is 12.1 Å². The first kappa shape index (κ1) is 21.6. The number of carbonyl (C=O) groups excluding carboxylic acids is 1. The normalized spacial score (nSPS) is 11.7. The molecule has 7 nitrogen and oxygen atoms in total. The molecule has 26 heavy (non-hydrogen) atoms. The molecule has 1 rings (SSSR count). The summed E-state index contributed by atoms with van der Waals surface area (Å²) in [5.74, 6) is 1.59. The number of para-hydroxylation sites is 1. The highest BCUT2D eigenvalue weighted by molar-refractivity contribution is 5.79. The van der Waals surface area contributed by atoms with Gasteiger partial charge in [0.1, 0.15) is 11.4 Å². The number of nitrogens with zero attached hydrogens (tertiary/aromatic N) is 3. The van der Waals surface area contributed by atoms with Crippen molar-refractivity contribution in [3.63, 3.8) is 0 Å². The number of aliphatic imine (C=N–C) groups is 1. The maximum absolute atomic E-state index is 12.0. The zero-order chi connectivity index (χ0) is 19.7. The molecule has 0 radical (unpaired) electrons. The summed E-state index contributed by atoms with van der Waals surface area (Å²) < 4.78 is 10.7. The Bertz CT molecular complexity index is 611. The van der Waals surface area contributed by atoms with Crippen LogP contribution in [-0.2, 0) is 11.3 Å². The predicted molar refractivity (Wildman–Crippen MR) is 105 cm³/mol. The molecule has 1 aromatic rings. The average Bonchev–Trinajstić information content (AvgIpc) is 2.57. The first-order valence-electron chi connectivity index (χ1n) is 8.65. The van der Waals surface area contributed by atoms with Crippen LogP contribution in [0.1, 0.15) is 26.3 Å². The molecule has 0 bridgehead atoms. The summed E-state index contributed by atoms with van der Waals surface area (Å²) in [6.45, 7) is 7.30. The Morgan fingerprint density at radius 3 is 2.42 bits per heavy atom. The highest BCUT2D eigenvalue weighted by Gasteiger charge is 2.19. The Morgan fingerprint density at radius 1 is 1.19 bits per heavy atom. The molecule has 1 aromatic carbocycles. The van der Waals surface area contributed by atoms with Crippen LogP contribution < -0.4 is 10.1 Å². The van der Waals surface area contributed by atoms with Gasteiger partial charge in [0.15, 0.2) is 5.96 Å². The monoisotopic (exact) mass is 364 g/mol. The van der Waals surface area contributed by atoms with E-state index in [4.69, 9.17) is 9.47 Å². The van der Waals surface area contributed by atoms with E-state index in [0.717, 1.165) is 17.3 Å². The molecule has 0 aliphatic rings. The molecule has 7 heteroatoms. The van der Waals surface area contributed by atoms with E-state index >= 15 is 0 Å². The van der Waals surface area contributed by atoms with E-state index in [1.807, 2.05) is 57.0 Å². The minimum atomic E-state index is -0.496. The summed E-state index contributed by atoms with van der Waals surface area (Å²) >= 11 is 0. The molecule has 146 valence electrons. The largest absolute Gasteiger partial charge is 0.496 e. The molecule has 0 saturated heterocycles. The van der Waals surface area contributed by atoms with Crippen LogP contribution in [0.2, 0.25) is 0 Å². The van der Waals surface area contributed by atoms with Gasteiger partial charge < -0.3 is 24.6 Å². The van der Waals surface area contributed by atoms with Crippen LogP contribution in [0.25, 0.3) is 0 Å². The predicted octanol–water partition coefficient (Wildman–Crippen LogP) is 2.57. The lowest BCUT2D eigenvalue weighted by Crippen LogP contribution is -2.43. The minimum Gasteiger partial charge on any atom is -0.496 e. The van der Waals surface area contributed by atoms with Crippen molar-refractivity contribution in [1.29, 1.82) is 0 Å². The second-order valence-electron chi connectivity index (χ2n) is 7.04. The third-order valence-corrected chi connectivity index (χ3v) is 3.61. The molecule has 0 aromatic heterocycles. The number of carbonyl (C=O) groups is 1. The number of likely N-dealkylation sites (N-methyl/N-ethyl adjacent to an activating group) is 1. The summed E-state index contributed by atoms with van der Waals surface area (Å²) in [6.07, 6.45) is -0.336. The van der Waals surface area contributed by atoms with Crippen LogP contribution in [0.5, 0.6) is 5.75 Å². The summed E-state index contributed by atoms with van der Waals surface area (Å²) in [7, 11) is 7.08. The van der Waals surface area contributed by atoms with E-state index in [9.17, 15) is 4.79 Å². The molecule has 0 fully saturated rings. The van der Waals surface area contributed by atoms with Crippen LogP contribution in [0, 0.1) is 0 Å². The van der Waals surface area contributed by atoms with Crippen LogP contribution in [0.15, 0.2) is 29.3 Å². The van der Waals surface area contributed by atoms with E-state index in [1.54, 1.807) is 26.1 Å². The standard InChI is InChI=1S/C19H32N4O3/c1-19(2,3)26-18(24)22(5)13-12-21-17(20-4)23(6)14-15-10-8-9-11-16(15)25-7/h8-11H,12-14H2,1-7H3,(H,20,21). The summed E-state index contributed by atoms with van der Waals surface area (Å²) in [6, 6.07) is 7.90. The number of nitrogens with one attached hydrogen (secondary N) is 1. The highest BCUT2D eigenvalue weighted by atomic mass is 16.6. The number of rotatable bonds is 6. The van der Waals surface area contributed by atoms with Gasteiger partial charge in [0.2, 0.25) is 0 Å². The van der Waals surface area contributed by atoms with Gasteiger partial charge in [-0.15, -0.1) is 0 Å². The van der Waals surface area contributed by atoms with E-state index in [0.29, 0.717) is 19.6 Å². The van der Waals surface area contributed by atoms with Crippen LogP contribution in [0.4, 0.5) is 4.79 Å². The maximum atomic E-state index is 12.0. The summed E-state index contributed by atoms with van der Waals surface area (Å²) in [5.41, 5.74) is 0.579. The van der Waals surface area contributed by atoms with E-state index in [1.165, 1.54) is 0 Å². The number of hydrogen-bond donors (Lipinski definition) is 1. The van der Waals surface area contributed by atoms with Gasteiger partial charge >= 0.3 is 6.09 Å². The summed E-state index contributed by atoms with van der Waals surface area (Å²) in [5, 5.41) is 3.26. The van der Waals surface area contributed by atoms with Crippen molar-refractivity contribution in [2.45, 2.75) is 32.9 Å². The molecule has 0 aliphatic heterocycles. The van der Waals surface area contributed by atoms with Gasteiger partial charge in [-0.3, -0.25) is 4.99 Å². The smallest absolute Gasteiger partial charge is 0.410 e. The lowest BCUT2D eigenvalue weighted by molar-refractivity contribution is 0.0302. The third-order valence-electron chi connectivity index (χ3n) is 3.61. The lowest BCUT2D eigenvalue weighted by atomic mass is 10.2. The highest BCUT2D eigenvalue weighted by Crippen LogP contribution is 2.18. The van der Waals surface area contributed by atoms with E-state index in [2.05, 4.69) is 10.3 Å². The number of benzene rings is 1. The SMILES string of the molecule is CN=C(NCCN(C)C(=O)OC(C)(C)C)N(C)Cc1ccccc1OC. The zero-order valence-corrected chi connectivity index (χ0v) is 17.0. The van der Waals surface area contributed by atoms with Crippen molar-refractivity contribution in [2.75, 3.05) is 41.3 Å². The Hall–Kier alpha value is -2.44. The van der Waals surface area contributed by atoms with Crippen LogP contribution in [-0.4, -0.2) is 68.8 Å². The quantitative estimate of drug-likeness (QED) is 0.621. The van der Waals surface area contributed by atoms with Crippen molar-refractivity contribution in [3.8, 4) is 5.75 Å². The zero-order valence-electron chi connectivity index (χ0n) is 17.0. The molecule has 0 atom stereocenters. The molecule has 1 amide bonds. The Balaban J connectivity index is 2.53. The van der Waals surface area contributed by atoms with Crippen molar-refractivity contribution in [1.82, 2.24) is 15.1 Å². The van der Waals surface area contributed by atoms with E-state index < -0.39 is 5.60 Å². The van der Waals surface area contributed by atoms with Gasteiger partial charge in [0.25, 0.3) is 0 Å². The Labute approximate surface area is 157 Å². The molecular weight excluding hydrogens is 332 g/mol. The fraction of sp³-hybridized carbons (Fsp3) is 0.579. The topological polar surface area (TPSA) is 66.4 Å². The molecule has 0 heterocycles. The van der Waals surface area contributed by atoms with Crippen molar-refractivity contribution in [3.05, 3.63) is 29.8 Å². The molecular formula is C19H32N4O3. The van der Waals surface area contributed by atoms with Gasteiger partial charge in [0, 0.05) is 46.3 Å². The fourth-order valence-corrected chi connectivity index (χ4v) is 2.32. The second-order valence-corrected chi connectivity index (χ2v) is 7.04. The molecule has 0 spiro atoms. The van der Waals surface area contributed by atoms with E-state index in [-0.39, 0.29) is 6.09 Å². The van der Waals surface area contributed by atoms with Crippen molar-refractivity contribution < 1.29 is 14.3 Å². The van der Waals surface area contributed by atoms with Gasteiger partial charge in [0.05, 0.1) is 7.11 Å². The second kappa shape index (κ2) is 9.89. The number of amides is 1. The van der Waals surface area contributed by atoms with Crippen LogP contribution in [0.3, 0.4) is 0 Å². The van der Waals surface area contributed by atoms with Gasteiger partial charge in [-0.25, -0.2) is 4.79 Å². The van der Waals surface area contributed by atoms with Gasteiger partial charge in [-0.1, -0.05) is 18.2 Å². The number of hydrogen-bond acceptors (Lipinski definition) is 4. The number of methoxy groups -OCH3 is 1. The molecule has 0 unspecified atom stereocenters. The molecule has 1 N–H and O–H groups in total. The van der Waals surface area contributed by atoms with Crippen LogP contribution >= 0.6 is 0 Å². The Morgan fingerprint density at radius 2 is 1.85 bits per heavy atom. The third kappa shape index (κ3) is 7.21.